The molecule has 4 atom stereocenters. The molecule has 1 aliphatic heterocycles. The normalized spacial score (nSPS) is 19.4. The van der Waals surface area contributed by atoms with Crippen molar-refractivity contribution in [2.24, 2.45) is 5.92 Å². The molecule has 1 aromatic heterocycles. The minimum atomic E-state index is -0.654. The van der Waals surface area contributed by atoms with Crippen LogP contribution in [0.1, 0.15) is 48.5 Å². The fourth-order valence-corrected chi connectivity index (χ4v) is 5.61. The van der Waals surface area contributed by atoms with Crippen LogP contribution < -0.4 is 10.6 Å². The zero-order chi connectivity index (χ0) is 32.6. The number of amides is 2. The Morgan fingerprint density at radius 2 is 1.70 bits per heavy atom. The lowest BCUT2D eigenvalue weighted by molar-refractivity contribution is -0.276. The second-order valence-corrected chi connectivity index (χ2v) is 11.7. The summed E-state index contributed by atoms with van der Waals surface area (Å²) in [5, 5.41) is 15.4. The minimum Gasteiger partial charge on any atom is -0.465 e. The molecule has 0 unspecified atom stereocenters. The van der Waals surface area contributed by atoms with Crippen molar-refractivity contribution in [3.8, 4) is 11.1 Å². The van der Waals surface area contributed by atoms with Crippen LogP contribution in [0.3, 0.4) is 0 Å². The summed E-state index contributed by atoms with van der Waals surface area (Å²) in [7, 11) is 0. The summed E-state index contributed by atoms with van der Waals surface area (Å²) in [6, 6.07) is 23.1. The van der Waals surface area contributed by atoms with E-state index >= 15 is 0 Å². The molecular weight excluding hydrogens is 631 g/mol. The molecule has 12 heteroatoms. The average Bonchev–Trinajstić information content (AvgIpc) is 3.40. The quantitative estimate of drug-likeness (QED) is 0.163. The predicted molar refractivity (Wildman–Crippen MR) is 174 cm³/mol. The van der Waals surface area contributed by atoms with Crippen molar-refractivity contribution in [2.45, 2.75) is 52.0 Å². The minimum absolute atomic E-state index is 0.0339. The van der Waals surface area contributed by atoms with Crippen LogP contribution in [0.5, 0.6) is 0 Å². The highest BCUT2D eigenvalue weighted by molar-refractivity contribution is 6.40. The monoisotopic (exact) mass is 666 g/mol. The summed E-state index contributed by atoms with van der Waals surface area (Å²) in [6.07, 6.45) is 0.388. The molecule has 0 spiro atoms. The van der Waals surface area contributed by atoms with E-state index in [1.165, 1.54) is 0 Å². The van der Waals surface area contributed by atoms with Crippen LogP contribution in [-0.2, 0) is 38.7 Å². The molecule has 242 valence electrons. The molecule has 0 radical (unpaired) electrons. The first-order chi connectivity index (χ1) is 22.2. The third-order valence-corrected chi connectivity index (χ3v) is 8.60. The molecule has 1 aliphatic rings. The van der Waals surface area contributed by atoms with Gasteiger partial charge in [-0.3, -0.25) is 4.79 Å². The average molecular weight is 668 g/mol. The topological polar surface area (TPSA) is 124 Å². The molecule has 2 amide bonds. The first-order valence-electron chi connectivity index (χ1n) is 15.0. The van der Waals surface area contributed by atoms with Crippen molar-refractivity contribution in [3.63, 3.8) is 0 Å². The Balaban J connectivity index is 1.30. The number of ether oxygens (including phenoxy) is 3. The van der Waals surface area contributed by atoms with Crippen molar-refractivity contribution in [3.05, 3.63) is 112 Å². The Morgan fingerprint density at radius 3 is 2.37 bits per heavy atom. The zero-order valence-corrected chi connectivity index (χ0v) is 27.0. The Bertz CT molecular complexity index is 1630. The van der Waals surface area contributed by atoms with E-state index < -0.39 is 18.3 Å². The van der Waals surface area contributed by atoms with Gasteiger partial charge < -0.3 is 34.5 Å². The summed E-state index contributed by atoms with van der Waals surface area (Å²) in [5.41, 5.74) is 5.51. The van der Waals surface area contributed by atoms with Gasteiger partial charge in [0.05, 0.1) is 38.3 Å². The molecule has 0 saturated carbocycles. The number of hydrogen-bond donors (Lipinski definition) is 3. The molecule has 46 heavy (non-hydrogen) atoms. The summed E-state index contributed by atoms with van der Waals surface area (Å²) in [6.45, 7) is 4.54. The number of nitrogens with one attached hydrogen (secondary N) is 2. The Labute approximate surface area is 277 Å². The second-order valence-electron chi connectivity index (χ2n) is 11.0. The van der Waals surface area contributed by atoms with Gasteiger partial charge >= 0.3 is 12.0 Å². The number of esters is 1. The van der Waals surface area contributed by atoms with E-state index in [-0.39, 0.29) is 49.6 Å². The molecule has 0 bridgehead atoms. The van der Waals surface area contributed by atoms with Crippen LogP contribution in [0.4, 0.5) is 4.79 Å². The fourth-order valence-electron chi connectivity index (χ4n) is 5.29. The zero-order valence-electron chi connectivity index (χ0n) is 25.5. The van der Waals surface area contributed by atoms with Gasteiger partial charge in [0, 0.05) is 18.0 Å². The molecule has 10 nitrogen and oxygen atoms in total. The molecular formula is C34H36Cl2N4O6. The summed E-state index contributed by atoms with van der Waals surface area (Å²) >= 11 is 12.5. The molecule has 4 aromatic rings. The first kappa shape index (κ1) is 33.4. The molecule has 0 aliphatic carbocycles. The van der Waals surface area contributed by atoms with E-state index in [9.17, 15) is 14.7 Å². The van der Waals surface area contributed by atoms with Crippen molar-refractivity contribution in [1.82, 2.24) is 20.2 Å². The third kappa shape index (κ3) is 8.26. The number of aromatic nitrogens is 2. The van der Waals surface area contributed by atoms with E-state index in [2.05, 4.69) is 22.5 Å². The van der Waals surface area contributed by atoms with Gasteiger partial charge in [-0.15, -0.1) is 0 Å². The summed E-state index contributed by atoms with van der Waals surface area (Å²) in [4.78, 5) is 27.7. The van der Waals surface area contributed by atoms with Gasteiger partial charge in [0.2, 0.25) is 0 Å². The van der Waals surface area contributed by atoms with E-state index in [0.29, 0.717) is 11.7 Å². The smallest absolute Gasteiger partial charge is 0.325 e. The lowest BCUT2D eigenvalue weighted by atomic mass is 9.90. The van der Waals surface area contributed by atoms with Crippen LogP contribution in [0, 0.1) is 5.92 Å². The van der Waals surface area contributed by atoms with Gasteiger partial charge in [0.25, 0.3) is 0 Å². The van der Waals surface area contributed by atoms with Crippen LogP contribution in [0.25, 0.3) is 11.1 Å². The number of benzene rings is 3. The highest BCUT2D eigenvalue weighted by Crippen LogP contribution is 2.42. The number of rotatable bonds is 11. The van der Waals surface area contributed by atoms with E-state index in [1.54, 1.807) is 17.8 Å². The van der Waals surface area contributed by atoms with Crippen molar-refractivity contribution >= 4 is 35.2 Å². The SMILES string of the molecule is CCOC(=O)CNC(=O)NCc1cccc(-c2ccc([C@@H]3O[C@H](Cn4cnc(Cl)c4Cl)[C@H](C)[C@H](c4ccc(CO)cc4)O3)cc2)c1. The van der Waals surface area contributed by atoms with E-state index in [1.807, 2.05) is 72.8 Å². The van der Waals surface area contributed by atoms with Crippen LogP contribution in [0.15, 0.2) is 79.1 Å². The van der Waals surface area contributed by atoms with Gasteiger partial charge in [-0.05, 0) is 40.8 Å². The van der Waals surface area contributed by atoms with Crippen molar-refractivity contribution < 1.29 is 28.9 Å². The van der Waals surface area contributed by atoms with Gasteiger partial charge in [0.1, 0.15) is 11.7 Å². The highest BCUT2D eigenvalue weighted by Gasteiger charge is 2.38. The molecule has 2 heterocycles. The largest absolute Gasteiger partial charge is 0.465 e. The predicted octanol–water partition coefficient (Wildman–Crippen LogP) is 6.20. The van der Waals surface area contributed by atoms with Gasteiger partial charge in [0.15, 0.2) is 11.4 Å². The molecule has 1 saturated heterocycles. The summed E-state index contributed by atoms with van der Waals surface area (Å²) in [5.74, 6) is -0.534. The maximum atomic E-state index is 12.1. The van der Waals surface area contributed by atoms with Crippen LogP contribution >= 0.6 is 23.2 Å². The van der Waals surface area contributed by atoms with Crippen LogP contribution in [0.2, 0.25) is 10.3 Å². The Hall–Kier alpha value is -3.93. The van der Waals surface area contributed by atoms with Gasteiger partial charge in [-0.2, -0.15) is 0 Å². The third-order valence-electron chi connectivity index (χ3n) is 7.83. The second kappa shape index (κ2) is 15.6. The molecule has 5 rings (SSSR count). The molecule has 1 fully saturated rings. The number of carbonyl (C=O) groups excluding carboxylic acids is 2. The lowest BCUT2D eigenvalue weighted by Crippen LogP contribution is -2.39. The number of carbonyl (C=O) groups is 2. The Morgan fingerprint density at radius 1 is 0.957 bits per heavy atom. The highest BCUT2D eigenvalue weighted by atomic mass is 35.5. The molecule has 3 aromatic carbocycles. The maximum absolute atomic E-state index is 12.1. The number of hydrogen-bond acceptors (Lipinski definition) is 7. The number of aliphatic hydroxyl groups is 1. The lowest BCUT2D eigenvalue weighted by Gasteiger charge is -2.41. The number of urea groups is 1. The van der Waals surface area contributed by atoms with Crippen molar-refractivity contribution in [2.75, 3.05) is 13.2 Å². The van der Waals surface area contributed by atoms with Gasteiger partial charge in [-0.25, -0.2) is 9.78 Å². The van der Waals surface area contributed by atoms with Crippen LogP contribution in [-0.4, -0.2) is 45.9 Å². The van der Waals surface area contributed by atoms with Gasteiger partial charge in [-0.1, -0.05) is 96.9 Å². The fraction of sp³-hybridized carbons (Fsp3) is 0.324. The number of halogens is 2. The maximum Gasteiger partial charge on any atom is 0.325 e. The number of aliphatic hydroxyl groups excluding tert-OH is 1. The van der Waals surface area contributed by atoms with E-state index in [0.717, 1.165) is 33.4 Å². The Kier molecular flexibility index (Phi) is 11.3. The number of nitrogens with zero attached hydrogens (tertiary/aromatic N) is 2. The standard InChI is InChI=1S/C34H36Cl2N4O6/c1-3-44-29(42)17-38-34(43)37-16-23-5-4-6-27(15-23)24-11-13-26(14-12-24)33-45-28(18-40-20-39-31(35)32(40)36)21(2)30(46-33)25-9-7-22(19-41)8-10-25/h4-15,20-21,28,30,33,41H,3,16-19H2,1-2H3,(H2,37,38,43)/t21-,28+,30+,33+/m0/s1. The number of imidazole rings is 1. The summed E-state index contributed by atoms with van der Waals surface area (Å²) < 4.78 is 19.7. The van der Waals surface area contributed by atoms with E-state index in [4.69, 9.17) is 37.4 Å². The first-order valence-corrected chi connectivity index (χ1v) is 15.7. The van der Waals surface area contributed by atoms with Crippen molar-refractivity contribution in [1.29, 1.82) is 0 Å². The molecule has 3 N–H and O–H groups in total.